The Morgan fingerprint density at radius 3 is 2.71 bits per heavy atom. The third-order valence-electron chi connectivity index (χ3n) is 5.89. The molecular formula is C24H22N6O. The van der Waals surface area contributed by atoms with Gasteiger partial charge in [-0.15, -0.1) is 0 Å². The van der Waals surface area contributed by atoms with Crippen LogP contribution in [-0.4, -0.2) is 45.4 Å². The van der Waals surface area contributed by atoms with Crippen LogP contribution in [0.15, 0.2) is 48.8 Å². The largest absolute Gasteiger partial charge is 0.356 e. The van der Waals surface area contributed by atoms with Crippen LogP contribution in [0.4, 0.5) is 5.82 Å². The van der Waals surface area contributed by atoms with Gasteiger partial charge in [-0.05, 0) is 43.2 Å². The molecule has 2 aliphatic rings. The quantitative estimate of drug-likeness (QED) is 0.659. The first-order chi connectivity index (χ1) is 15.2. The van der Waals surface area contributed by atoms with Gasteiger partial charge in [0, 0.05) is 55.1 Å². The maximum Gasteiger partial charge on any atom is 0.254 e. The molecule has 2 aromatic heterocycles. The van der Waals surface area contributed by atoms with Crippen molar-refractivity contribution in [1.29, 1.82) is 5.26 Å². The molecule has 2 aliphatic heterocycles. The second kappa shape index (κ2) is 8.15. The summed E-state index contributed by atoms with van der Waals surface area (Å²) in [5.41, 5.74) is 3.97. The predicted molar refractivity (Wildman–Crippen MR) is 116 cm³/mol. The van der Waals surface area contributed by atoms with E-state index in [-0.39, 0.29) is 5.91 Å². The smallest absolute Gasteiger partial charge is 0.254 e. The number of benzene rings is 1. The Kier molecular flexibility index (Phi) is 5.04. The lowest BCUT2D eigenvalue weighted by Crippen LogP contribution is -2.38. The van der Waals surface area contributed by atoms with E-state index in [1.165, 1.54) is 0 Å². The Labute approximate surface area is 181 Å². The highest BCUT2D eigenvalue weighted by Gasteiger charge is 2.29. The van der Waals surface area contributed by atoms with Gasteiger partial charge in [-0.3, -0.25) is 9.78 Å². The lowest BCUT2D eigenvalue weighted by Gasteiger charge is -2.32. The van der Waals surface area contributed by atoms with E-state index < -0.39 is 0 Å². The number of anilines is 1. The molecule has 7 nitrogen and oxygen atoms in total. The van der Waals surface area contributed by atoms with Gasteiger partial charge in [0.25, 0.3) is 5.91 Å². The molecule has 0 unspecified atom stereocenters. The molecule has 7 heteroatoms. The number of hydrogen-bond donors (Lipinski definition) is 0. The molecule has 1 saturated heterocycles. The van der Waals surface area contributed by atoms with Crippen molar-refractivity contribution in [3.05, 3.63) is 71.2 Å². The zero-order valence-electron chi connectivity index (χ0n) is 17.2. The van der Waals surface area contributed by atoms with Gasteiger partial charge in [-0.1, -0.05) is 6.07 Å². The summed E-state index contributed by atoms with van der Waals surface area (Å²) in [4.78, 5) is 31.3. The van der Waals surface area contributed by atoms with Crippen molar-refractivity contribution < 1.29 is 4.79 Å². The number of nitrogens with zero attached hydrogens (tertiary/aromatic N) is 6. The molecular weight excluding hydrogens is 388 g/mol. The van der Waals surface area contributed by atoms with E-state index in [0.717, 1.165) is 48.6 Å². The summed E-state index contributed by atoms with van der Waals surface area (Å²) in [7, 11) is 0. The topological polar surface area (TPSA) is 86.0 Å². The van der Waals surface area contributed by atoms with Crippen LogP contribution in [0.5, 0.6) is 0 Å². The Hall–Kier alpha value is -3.79. The zero-order chi connectivity index (χ0) is 21.2. The first-order valence-electron chi connectivity index (χ1n) is 10.6. The number of nitriles is 1. The standard InChI is InChI=1S/C24H22N6O/c25-14-17-5-3-6-18(13-17)24(31)30-12-8-21-20(16-30)23(29-10-1-2-11-29)28-22(27-21)19-7-4-9-26-15-19/h3-7,9,13,15H,1-2,8,10-12,16H2. The summed E-state index contributed by atoms with van der Waals surface area (Å²) in [6.45, 7) is 3.00. The minimum atomic E-state index is -0.0635. The van der Waals surface area contributed by atoms with Crippen molar-refractivity contribution in [2.24, 2.45) is 0 Å². The highest BCUT2D eigenvalue weighted by atomic mass is 16.2. The molecule has 1 amide bonds. The van der Waals surface area contributed by atoms with Crippen molar-refractivity contribution in [3.63, 3.8) is 0 Å². The number of rotatable bonds is 3. The van der Waals surface area contributed by atoms with Gasteiger partial charge >= 0.3 is 0 Å². The normalized spacial score (nSPS) is 15.5. The Bertz CT molecular complexity index is 1160. The van der Waals surface area contributed by atoms with Crippen LogP contribution in [-0.2, 0) is 13.0 Å². The first-order valence-corrected chi connectivity index (χ1v) is 10.6. The summed E-state index contributed by atoms with van der Waals surface area (Å²) in [6.07, 6.45) is 6.50. The third kappa shape index (κ3) is 3.73. The van der Waals surface area contributed by atoms with Crippen molar-refractivity contribution in [2.45, 2.75) is 25.8 Å². The summed E-state index contributed by atoms with van der Waals surface area (Å²) < 4.78 is 0. The van der Waals surface area contributed by atoms with Crippen LogP contribution in [0.3, 0.4) is 0 Å². The number of hydrogen-bond acceptors (Lipinski definition) is 6. The molecule has 5 rings (SSSR count). The van der Waals surface area contributed by atoms with E-state index in [1.807, 2.05) is 17.0 Å². The molecule has 0 radical (unpaired) electrons. The molecule has 3 aromatic rings. The number of carbonyl (C=O) groups is 1. The lowest BCUT2D eigenvalue weighted by atomic mass is 10.0. The average molecular weight is 410 g/mol. The van der Waals surface area contributed by atoms with Gasteiger partial charge in [-0.2, -0.15) is 5.26 Å². The van der Waals surface area contributed by atoms with Crippen LogP contribution in [0, 0.1) is 11.3 Å². The summed E-state index contributed by atoms with van der Waals surface area (Å²) in [6, 6.07) is 12.9. The van der Waals surface area contributed by atoms with E-state index in [1.54, 1.807) is 36.7 Å². The monoisotopic (exact) mass is 410 g/mol. The van der Waals surface area contributed by atoms with Gasteiger partial charge in [-0.25, -0.2) is 9.97 Å². The summed E-state index contributed by atoms with van der Waals surface area (Å²) in [5, 5.41) is 9.16. The van der Waals surface area contributed by atoms with Crippen LogP contribution in [0.1, 0.15) is 40.0 Å². The second-order valence-corrected chi connectivity index (χ2v) is 7.90. The number of fused-ring (bicyclic) bond motifs is 1. The fourth-order valence-electron chi connectivity index (χ4n) is 4.29. The number of carbonyl (C=O) groups excluding carboxylic acids is 1. The molecule has 0 spiro atoms. The van der Waals surface area contributed by atoms with E-state index >= 15 is 0 Å². The van der Waals surface area contributed by atoms with Crippen LogP contribution < -0.4 is 4.90 Å². The van der Waals surface area contributed by atoms with Crippen LogP contribution in [0.2, 0.25) is 0 Å². The lowest BCUT2D eigenvalue weighted by molar-refractivity contribution is 0.0733. The summed E-state index contributed by atoms with van der Waals surface area (Å²) in [5.74, 6) is 1.56. The molecule has 0 atom stereocenters. The Morgan fingerprint density at radius 2 is 1.94 bits per heavy atom. The van der Waals surface area contributed by atoms with Crippen LogP contribution in [0.25, 0.3) is 11.4 Å². The summed E-state index contributed by atoms with van der Waals surface area (Å²) >= 11 is 0. The maximum absolute atomic E-state index is 13.2. The van der Waals surface area contributed by atoms with Crippen molar-refractivity contribution in [2.75, 3.05) is 24.5 Å². The zero-order valence-corrected chi connectivity index (χ0v) is 17.2. The van der Waals surface area contributed by atoms with E-state index in [0.29, 0.717) is 36.5 Å². The van der Waals surface area contributed by atoms with E-state index in [2.05, 4.69) is 16.0 Å². The number of amides is 1. The van der Waals surface area contributed by atoms with E-state index in [4.69, 9.17) is 15.2 Å². The number of pyridine rings is 1. The fraction of sp³-hybridized carbons (Fsp3) is 0.292. The average Bonchev–Trinajstić information content (AvgIpc) is 3.38. The molecule has 1 aromatic carbocycles. The van der Waals surface area contributed by atoms with Gasteiger partial charge < -0.3 is 9.80 Å². The van der Waals surface area contributed by atoms with Gasteiger partial charge in [0.2, 0.25) is 0 Å². The maximum atomic E-state index is 13.2. The first kappa shape index (κ1) is 19.2. The minimum Gasteiger partial charge on any atom is -0.356 e. The second-order valence-electron chi connectivity index (χ2n) is 7.90. The predicted octanol–water partition coefficient (Wildman–Crippen LogP) is 3.21. The highest BCUT2D eigenvalue weighted by Crippen LogP contribution is 2.31. The minimum absolute atomic E-state index is 0.0635. The van der Waals surface area contributed by atoms with Crippen LogP contribution >= 0.6 is 0 Å². The third-order valence-corrected chi connectivity index (χ3v) is 5.89. The molecule has 0 bridgehead atoms. The Morgan fingerprint density at radius 1 is 1.06 bits per heavy atom. The molecule has 0 saturated carbocycles. The molecule has 4 heterocycles. The number of aromatic nitrogens is 3. The SMILES string of the molecule is N#Cc1cccc(C(=O)N2CCc3nc(-c4cccnc4)nc(N4CCCC4)c3C2)c1. The van der Waals surface area contributed by atoms with Crippen molar-refractivity contribution in [1.82, 2.24) is 19.9 Å². The highest BCUT2D eigenvalue weighted by molar-refractivity contribution is 5.94. The Balaban J connectivity index is 1.51. The van der Waals surface area contributed by atoms with Gasteiger partial charge in [0.05, 0.1) is 23.9 Å². The van der Waals surface area contributed by atoms with Crippen molar-refractivity contribution >= 4 is 11.7 Å². The fourth-order valence-corrected chi connectivity index (χ4v) is 4.29. The molecule has 1 fully saturated rings. The van der Waals surface area contributed by atoms with Gasteiger partial charge in [0.15, 0.2) is 5.82 Å². The van der Waals surface area contributed by atoms with Crippen molar-refractivity contribution in [3.8, 4) is 17.5 Å². The molecule has 0 N–H and O–H groups in total. The van der Waals surface area contributed by atoms with Gasteiger partial charge in [0.1, 0.15) is 5.82 Å². The molecule has 31 heavy (non-hydrogen) atoms. The molecule has 154 valence electrons. The van der Waals surface area contributed by atoms with E-state index in [9.17, 15) is 4.79 Å². The molecule has 0 aliphatic carbocycles.